The van der Waals surface area contributed by atoms with Crippen molar-refractivity contribution in [3.05, 3.63) is 137 Å². The van der Waals surface area contributed by atoms with Crippen molar-refractivity contribution in [1.82, 2.24) is 24.0 Å². The van der Waals surface area contributed by atoms with Gasteiger partial charge >= 0.3 is 0 Å². The predicted octanol–water partition coefficient (Wildman–Crippen LogP) is 7.96. The Balaban J connectivity index is 1.44. The summed E-state index contributed by atoms with van der Waals surface area (Å²) < 4.78 is 21.1. The van der Waals surface area contributed by atoms with Crippen LogP contribution in [0.1, 0.15) is 80.7 Å². The molecule has 0 aliphatic carbocycles. The Morgan fingerprint density at radius 1 is 0.825 bits per heavy atom. The maximum absolute atomic E-state index is 15.3. The molecule has 0 radical (unpaired) electrons. The first-order valence-electron chi connectivity index (χ1n) is 21.0. The van der Waals surface area contributed by atoms with Gasteiger partial charge in [0.1, 0.15) is 30.1 Å². The third-order valence-electron chi connectivity index (χ3n) is 10.2. The summed E-state index contributed by atoms with van der Waals surface area (Å²) >= 11 is 0. The highest BCUT2D eigenvalue weighted by Gasteiger charge is 2.37. The Hall–Kier alpha value is -7.00. The van der Waals surface area contributed by atoms with E-state index in [1.54, 1.807) is 80.8 Å². The average Bonchev–Trinajstić information content (AvgIpc) is 3.73. The number of carbonyl (C=O) groups is 3. The van der Waals surface area contributed by atoms with Gasteiger partial charge in [-0.15, -0.1) is 0 Å². The zero-order valence-electron chi connectivity index (χ0n) is 37.2. The number of likely N-dealkylation sites (N-methyl/N-ethyl adjacent to an activating group) is 1. The molecule has 0 fully saturated rings. The average molecular weight is 857 g/mol. The summed E-state index contributed by atoms with van der Waals surface area (Å²) in [7, 11) is 3.21. The molecule has 63 heavy (non-hydrogen) atoms. The normalized spacial score (nSPS) is 12.7. The van der Waals surface area contributed by atoms with Gasteiger partial charge in [-0.2, -0.15) is 0 Å². The van der Waals surface area contributed by atoms with Gasteiger partial charge in [0.25, 0.3) is 17.4 Å². The summed E-state index contributed by atoms with van der Waals surface area (Å²) in [5.41, 5.74) is 3.27. The van der Waals surface area contributed by atoms with E-state index in [-0.39, 0.29) is 41.5 Å². The Kier molecular flexibility index (Phi) is 14.6. The van der Waals surface area contributed by atoms with E-state index in [2.05, 4.69) is 27.0 Å². The van der Waals surface area contributed by atoms with Crippen LogP contribution in [0.3, 0.4) is 0 Å². The number of nitrogens with zero attached hydrogens (tertiary/aromatic N) is 5. The summed E-state index contributed by atoms with van der Waals surface area (Å²) in [4.78, 5) is 68.8. The van der Waals surface area contributed by atoms with Gasteiger partial charge in [0.15, 0.2) is 11.9 Å². The van der Waals surface area contributed by atoms with E-state index in [4.69, 9.17) is 19.2 Å². The summed E-state index contributed by atoms with van der Waals surface area (Å²) in [6, 6.07) is 24.1. The van der Waals surface area contributed by atoms with Crippen LogP contribution in [0.15, 0.2) is 108 Å². The molecular formula is C48H56N8O7. The summed E-state index contributed by atoms with van der Waals surface area (Å²) in [6.07, 6.45) is 2.64. The number of anilines is 3. The van der Waals surface area contributed by atoms with Gasteiger partial charge < -0.3 is 39.6 Å². The molecule has 6 aromatic rings. The van der Waals surface area contributed by atoms with E-state index in [9.17, 15) is 14.4 Å². The fourth-order valence-electron chi connectivity index (χ4n) is 7.18. The van der Waals surface area contributed by atoms with Gasteiger partial charge in [-0.3, -0.25) is 23.7 Å². The number of nitrogens with one attached hydrogen (secondary N) is 3. The van der Waals surface area contributed by atoms with Crippen molar-refractivity contribution < 1.29 is 28.6 Å². The molecule has 0 bridgehead atoms. The van der Waals surface area contributed by atoms with E-state index in [1.807, 2.05) is 66.7 Å². The first-order valence-corrected chi connectivity index (χ1v) is 21.0. The number of hydrogen-bond donors (Lipinski definition) is 3. The molecule has 330 valence electrons. The molecule has 0 saturated heterocycles. The molecule has 3 atom stereocenters. The van der Waals surface area contributed by atoms with Gasteiger partial charge in [-0.05, 0) is 87.7 Å². The number of aromatic nitrogens is 4. The Morgan fingerprint density at radius 3 is 2.22 bits per heavy atom. The lowest BCUT2D eigenvalue weighted by molar-refractivity contribution is -0.134. The highest BCUT2D eigenvalue weighted by atomic mass is 16.7. The fraction of sp³-hybridized carbons (Fsp3) is 0.333. The van der Waals surface area contributed by atoms with Gasteiger partial charge in [-0.25, -0.2) is 9.97 Å². The van der Waals surface area contributed by atoms with Crippen LogP contribution in [0.25, 0.3) is 10.9 Å². The Morgan fingerprint density at radius 2 is 1.54 bits per heavy atom. The second kappa shape index (κ2) is 20.2. The van der Waals surface area contributed by atoms with Crippen molar-refractivity contribution in [2.75, 3.05) is 36.8 Å². The van der Waals surface area contributed by atoms with Gasteiger partial charge in [0.2, 0.25) is 12.2 Å². The van der Waals surface area contributed by atoms with Crippen LogP contribution in [0.4, 0.5) is 17.1 Å². The maximum Gasteiger partial charge on any atom is 0.291 e. The van der Waals surface area contributed by atoms with Gasteiger partial charge in [0.05, 0.1) is 22.7 Å². The molecule has 4 aromatic carbocycles. The van der Waals surface area contributed by atoms with Crippen molar-refractivity contribution in [3.8, 4) is 11.5 Å². The second-order valence-corrected chi connectivity index (χ2v) is 16.0. The number of carbonyl (C=O) groups excluding carboxylic acids is 3. The number of para-hydroxylation sites is 2. The highest BCUT2D eigenvalue weighted by Crippen LogP contribution is 2.33. The molecule has 15 heteroatoms. The Bertz CT molecular complexity index is 2620. The number of fused-ring (bicyclic) bond motifs is 1. The molecule has 0 saturated carbocycles. The van der Waals surface area contributed by atoms with Crippen LogP contribution in [0.5, 0.6) is 11.5 Å². The van der Waals surface area contributed by atoms with Crippen LogP contribution in [-0.4, -0.2) is 74.9 Å². The first kappa shape index (κ1) is 45.5. The van der Waals surface area contributed by atoms with Crippen LogP contribution in [-0.2, 0) is 14.3 Å². The van der Waals surface area contributed by atoms with Crippen molar-refractivity contribution in [2.24, 2.45) is 5.92 Å². The zero-order valence-corrected chi connectivity index (χ0v) is 37.2. The highest BCUT2D eigenvalue weighted by molar-refractivity contribution is 6.03. The fourth-order valence-corrected chi connectivity index (χ4v) is 7.18. The van der Waals surface area contributed by atoms with E-state index in [1.165, 1.54) is 26.4 Å². The smallest absolute Gasteiger partial charge is 0.291 e. The summed E-state index contributed by atoms with van der Waals surface area (Å²) in [5, 5.41) is 9.38. The minimum absolute atomic E-state index is 0.0719. The number of amides is 3. The van der Waals surface area contributed by atoms with Crippen molar-refractivity contribution in [1.29, 1.82) is 0 Å². The van der Waals surface area contributed by atoms with Crippen molar-refractivity contribution >= 4 is 45.7 Å². The van der Waals surface area contributed by atoms with Gasteiger partial charge in [0, 0.05) is 44.3 Å². The SMILES string of the molecule is CCC(OCNc1ccc(OC(C)C)c(NC(=O)C(c2nc3ccccc3c(=O)n2C(C(=O)N(C)C)C(C)C)n2ccnc2C(=O)Nc2ccccc2)c1)Oc1ccc(C)cc1C. The topological polar surface area (TPSA) is 171 Å². The lowest BCUT2D eigenvalue weighted by Crippen LogP contribution is -2.44. The number of imidazole rings is 1. The van der Waals surface area contributed by atoms with Crippen molar-refractivity contribution in [2.45, 2.75) is 79.4 Å². The van der Waals surface area contributed by atoms with Crippen LogP contribution in [0, 0.1) is 19.8 Å². The minimum Gasteiger partial charge on any atom is -0.489 e. The molecule has 3 amide bonds. The minimum atomic E-state index is -1.53. The lowest BCUT2D eigenvalue weighted by Gasteiger charge is -2.30. The van der Waals surface area contributed by atoms with Crippen LogP contribution in [0.2, 0.25) is 0 Å². The molecule has 3 N–H and O–H groups in total. The van der Waals surface area contributed by atoms with Crippen molar-refractivity contribution in [3.63, 3.8) is 0 Å². The maximum atomic E-state index is 15.3. The standard InChI is InChI=1S/C48H56N8O7/c1-10-40(63-38-22-20-31(6)26-32(38)7)61-28-50-34-21-23-39(62-30(4)5)37(27-34)53-45(57)42(55-25-24-49-44(55)46(58)51-33-16-12-11-13-17-33)43-52-36-19-15-14-18-35(36)47(59)56(43)41(29(2)3)48(60)54(8)9/h11-27,29-30,40-42,50H,10,28H2,1-9H3,(H,51,58)(H,53,57). The first-order chi connectivity index (χ1) is 30.2. The van der Waals surface area contributed by atoms with E-state index >= 15 is 4.79 Å². The van der Waals surface area contributed by atoms with Crippen LogP contribution < -0.4 is 31.0 Å². The number of benzene rings is 4. The van der Waals surface area contributed by atoms with E-state index < -0.39 is 41.7 Å². The largest absolute Gasteiger partial charge is 0.489 e. The Labute approximate surface area is 367 Å². The van der Waals surface area contributed by atoms with Crippen LogP contribution >= 0.6 is 0 Å². The van der Waals surface area contributed by atoms with Gasteiger partial charge in [-0.1, -0.05) is 68.8 Å². The molecule has 2 aromatic heterocycles. The summed E-state index contributed by atoms with van der Waals surface area (Å²) in [6.45, 7) is 13.4. The number of rotatable bonds is 18. The third-order valence-corrected chi connectivity index (χ3v) is 10.2. The molecule has 15 nitrogen and oxygen atoms in total. The molecule has 0 aliphatic rings. The molecule has 2 heterocycles. The summed E-state index contributed by atoms with van der Waals surface area (Å²) in [5.74, 6) is -1.27. The monoisotopic (exact) mass is 856 g/mol. The predicted molar refractivity (Wildman–Crippen MR) is 244 cm³/mol. The second-order valence-electron chi connectivity index (χ2n) is 16.0. The quantitative estimate of drug-likeness (QED) is 0.0721. The molecular weight excluding hydrogens is 801 g/mol. The van der Waals surface area contributed by atoms with E-state index in [0.29, 0.717) is 29.1 Å². The molecule has 0 aliphatic heterocycles. The number of ether oxygens (including phenoxy) is 3. The number of aryl methyl sites for hydroxylation is 2. The molecule has 3 unspecified atom stereocenters. The lowest BCUT2D eigenvalue weighted by atomic mass is 10.0. The zero-order chi connectivity index (χ0) is 45.4. The molecule has 6 rings (SSSR count). The third kappa shape index (κ3) is 10.7. The van der Waals surface area contributed by atoms with E-state index in [0.717, 1.165) is 16.9 Å². The molecule has 0 spiro atoms. The number of hydrogen-bond acceptors (Lipinski definition) is 10.